The Kier molecular flexibility index (Phi) is 1.73. The van der Waals surface area contributed by atoms with Crippen LogP contribution < -0.4 is 16.1 Å². The third-order valence-electron chi connectivity index (χ3n) is 2.35. The molecule has 5 heteroatoms. The number of carbonyl (C=O) groups is 1. The second-order valence-electron chi connectivity index (χ2n) is 3.25. The van der Waals surface area contributed by atoms with E-state index in [1.807, 2.05) is 13.1 Å². The van der Waals surface area contributed by atoms with E-state index in [1.165, 1.54) is 5.01 Å². The Morgan fingerprint density at radius 3 is 2.71 bits per heavy atom. The predicted octanol–water partition coefficient (Wildman–Crippen LogP) is 1.10. The maximum atomic E-state index is 11.4. The van der Waals surface area contributed by atoms with Crippen LogP contribution in [0, 0.1) is 0 Å². The lowest BCUT2D eigenvalue weighted by Gasteiger charge is -2.36. The van der Waals surface area contributed by atoms with Crippen LogP contribution in [0.5, 0.6) is 0 Å². The Bertz CT molecular complexity index is 390. The topological polar surface area (TPSA) is 61.6 Å². The third-order valence-corrected chi connectivity index (χ3v) is 2.35. The lowest BCUT2D eigenvalue weighted by molar-refractivity contribution is 0.219. The van der Waals surface area contributed by atoms with Gasteiger partial charge in [-0.1, -0.05) is 0 Å². The van der Waals surface area contributed by atoms with E-state index in [0.29, 0.717) is 5.69 Å². The van der Waals surface area contributed by atoms with Gasteiger partial charge in [0.15, 0.2) is 0 Å². The van der Waals surface area contributed by atoms with Crippen molar-refractivity contribution in [3.05, 3.63) is 18.2 Å². The number of urea groups is 1. The molecule has 14 heavy (non-hydrogen) atoms. The molecule has 1 aliphatic rings. The third kappa shape index (κ3) is 1.14. The monoisotopic (exact) mass is 192 g/mol. The zero-order valence-corrected chi connectivity index (χ0v) is 8.11. The number of fused-ring (bicyclic) bond motifs is 1. The van der Waals surface area contributed by atoms with Crippen LogP contribution in [0.15, 0.2) is 18.2 Å². The van der Waals surface area contributed by atoms with Crippen LogP contribution in [0.2, 0.25) is 0 Å². The van der Waals surface area contributed by atoms with Crippen LogP contribution in [0.3, 0.4) is 0 Å². The molecule has 1 heterocycles. The SMILES string of the molecule is CN1C(=O)Nc2cc(N)ccc2N1C. The first-order valence-electron chi connectivity index (χ1n) is 4.27. The fourth-order valence-corrected chi connectivity index (χ4v) is 1.43. The van der Waals surface area contributed by atoms with Gasteiger partial charge in [0.2, 0.25) is 0 Å². The lowest BCUT2D eigenvalue weighted by atomic mass is 10.2. The second kappa shape index (κ2) is 2.80. The molecule has 0 saturated heterocycles. The van der Waals surface area contributed by atoms with Crippen LogP contribution in [0.1, 0.15) is 0 Å². The van der Waals surface area contributed by atoms with E-state index in [2.05, 4.69) is 5.32 Å². The molecule has 2 rings (SSSR count). The van der Waals surface area contributed by atoms with E-state index in [4.69, 9.17) is 5.73 Å². The van der Waals surface area contributed by atoms with Gasteiger partial charge in [0.05, 0.1) is 11.4 Å². The predicted molar refractivity (Wildman–Crippen MR) is 56.0 cm³/mol. The molecule has 0 bridgehead atoms. The smallest absolute Gasteiger partial charge is 0.340 e. The number of hydrogen-bond donors (Lipinski definition) is 2. The van der Waals surface area contributed by atoms with Gasteiger partial charge < -0.3 is 11.1 Å². The summed E-state index contributed by atoms with van der Waals surface area (Å²) in [6, 6.07) is 5.27. The quantitative estimate of drug-likeness (QED) is 0.605. The minimum absolute atomic E-state index is 0.161. The van der Waals surface area contributed by atoms with Gasteiger partial charge in [0.25, 0.3) is 0 Å². The molecule has 1 aromatic rings. The van der Waals surface area contributed by atoms with E-state index < -0.39 is 0 Å². The first kappa shape index (κ1) is 8.68. The van der Waals surface area contributed by atoms with Crippen molar-refractivity contribution < 1.29 is 4.79 Å². The van der Waals surface area contributed by atoms with E-state index in [9.17, 15) is 4.79 Å². The van der Waals surface area contributed by atoms with Crippen molar-refractivity contribution in [2.45, 2.75) is 0 Å². The minimum atomic E-state index is -0.161. The average Bonchev–Trinajstić information content (AvgIpc) is 2.14. The minimum Gasteiger partial charge on any atom is -0.399 e. The molecule has 1 aromatic carbocycles. The van der Waals surface area contributed by atoms with Gasteiger partial charge in [-0.05, 0) is 18.2 Å². The fraction of sp³-hybridized carbons (Fsp3) is 0.222. The first-order valence-corrected chi connectivity index (χ1v) is 4.27. The molecule has 0 aromatic heterocycles. The Balaban J connectivity index is 2.50. The summed E-state index contributed by atoms with van der Waals surface area (Å²) in [7, 11) is 3.53. The van der Waals surface area contributed by atoms with E-state index in [1.54, 1.807) is 24.2 Å². The number of nitrogens with zero attached hydrogens (tertiary/aromatic N) is 2. The van der Waals surface area contributed by atoms with Crippen LogP contribution in [0.25, 0.3) is 0 Å². The molecule has 0 fully saturated rings. The molecular formula is C9H12N4O. The number of benzene rings is 1. The van der Waals surface area contributed by atoms with Crippen molar-refractivity contribution in [2.24, 2.45) is 0 Å². The van der Waals surface area contributed by atoms with Gasteiger partial charge >= 0.3 is 6.03 Å². The lowest BCUT2D eigenvalue weighted by Crippen LogP contribution is -2.47. The van der Waals surface area contributed by atoms with E-state index in [0.717, 1.165) is 11.4 Å². The molecule has 0 radical (unpaired) electrons. The summed E-state index contributed by atoms with van der Waals surface area (Å²) in [5, 5.41) is 6.02. The van der Waals surface area contributed by atoms with Gasteiger partial charge in [-0.25, -0.2) is 9.80 Å². The van der Waals surface area contributed by atoms with E-state index in [-0.39, 0.29) is 6.03 Å². The van der Waals surface area contributed by atoms with Crippen molar-refractivity contribution in [1.82, 2.24) is 5.01 Å². The summed E-state index contributed by atoms with van der Waals surface area (Å²) in [6.07, 6.45) is 0. The van der Waals surface area contributed by atoms with Crippen molar-refractivity contribution in [3.63, 3.8) is 0 Å². The van der Waals surface area contributed by atoms with Crippen molar-refractivity contribution in [3.8, 4) is 0 Å². The number of hydrazine groups is 1. The largest absolute Gasteiger partial charge is 0.399 e. The van der Waals surface area contributed by atoms with Crippen LogP contribution >= 0.6 is 0 Å². The Labute approximate surface area is 82.1 Å². The fourth-order valence-electron chi connectivity index (χ4n) is 1.43. The highest BCUT2D eigenvalue weighted by Crippen LogP contribution is 2.31. The number of amides is 2. The Morgan fingerprint density at radius 1 is 1.29 bits per heavy atom. The summed E-state index contributed by atoms with van der Waals surface area (Å²) < 4.78 is 0. The molecule has 2 amide bonds. The second-order valence-corrected chi connectivity index (χ2v) is 3.25. The number of rotatable bonds is 0. The molecule has 1 aliphatic heterocycles. The Morgan fingerprint density at radius 2 is 2.00 bits per heavy atom. The van der Waals surface area contributed by atoms with Crippen LogP contribution in [-0.4, -0.2) is 25.1 Å². The van der Waals surface area contributed by atoms with Crippen LogP contribution in [-0.2, 0) is 0 Å². The van der Waals surface area contributed by atoms with Crippen molar-refractivity contribution in [2.75, 3.05) is 30.2 Å². The van der Waals surface area contributed by atoms with E-state index >= 15 is 0 Å². The highest BCUT2D eigenvalue weighted by atomic mass is 16.2. The molecule has 0 spiro atoms. The normalized spacial score (nSPS) is 15.1. The number of nitrogen functional groups attached to an aromatic ring is 1. The molecule has 0 unspecified atom stereocenters. The molecule has 0 atom stereocenters. The van der Waals surface area contributed by atoms with Crippen LogP contribution in [0.4, 0.5) is 21.9 Å². The summed E-state index contributed by atoms with van der Waals surface area (Å²) in [5.74, 6) is 0. The maximum Gasteiger partial charge on any atom is 0.340 e. The van der Waals surface area contributed by atoms with Crippen molar-refractivity contribution in [1.29, 1.82) is 0 Å². The maximum absolute atomic E-state index is 11.4. The molecule has 0 aliphatic carbocycles. The first-order chi connectivity index (χ1) is 6.59. The number of hydrogen-bond acceptors (Lipinski definition) is 3. The van der Waals surface area contributed by atoms with Gasteiger partial charge in [-0.2, -0.15) is 0 Å². The molecule has 0 saturated carbocycles. The average molecular weight is 192 g/mol. The summed E-state index contributed by atoms with van der Waals surface area (Å²) in [6.45, 7) is 0. The summed E-state index contributed by atoms with van der Waals surface area (Å²) in [4.78, 5) is 11.4. The Hall–Kier alpha value is -1.91. The highest BCUT2D eigenvalue weighted by molar-refractivity contribution is 5.98. The summed E-state index contributed by atoms with van der Waals surface area (Å²) >= 11 is 0. The zero-order valence-electron chi connectivity index (χ0n) is 8.11. The standard InChI is InChI=1S/C9H12N4O/c1-12-8-4-3-6(10)5-7(8)11-9(14)13(12)2/h3-5H,10H2,1-2H3,(H,11,14). The molecule has 74 valence electrons. The van der Waals surface area contributed by atoms with Gasteiger partial charge in [-0.15, -0.1) is 0 Å². The summed E-state index contributed by atoms with van der Waals surface area (Å²) in [5.41, 5.74) is 7.94. The highest BCUT2D eigenvalue weighted by Gasteiger charge is 2.23. The number of carbonyl (C=O) groups excluding carboxylic acids is 1. The number of anilines is 3. The zero-order chi connectivity index (χ0) is 10.3. The molecule has 5 nitrogen and oxygen atoms in total. The number of nitrogens with one attached hydrogen (secondary N) is 1. The van der Waals surface area contributed by atoms with Gasteiger partial charge in [0.1, 0.15) is 0 Å². The molecule has 3 N–H and O–H groups in total. The van der Waals surface area contributed by atoms with Gasteiger partial charge in [0, 0.05) is 19.8 Å². The van der Waals surface area contributed by atoms with Gasteiger partial charge in [-0.3, -0.25) is 5.01 Å². The number of nitrogens with two attached hydrogens (primary N) is 1. The molecular weight excluding hydrogens is 180 g/mol. The van der Waals surface area contributed by atoms with Crippen molar-refractivity contribution >= 4 is 23.1 Å².